The summed E-state index contributed by atoms with van der Waals surface area (Å²) in [6, 6.07) is 0. The maximum Gasteiger partial charge on any atom is 0.191 e. The normalized spacial score (nSPS) is 25.6. The minimum atomic E-state index is 0.115. The zero-order chi connectivity index (χ0) is 13.7. The average Bonchev–Trinajstić information content (AvgIpc) is 2.41. The zero-order valence-corrected chi connectivity index (χ0v) is 12.9. The van der Waals surface area contributed by atoms with Gasteiger partial charge in [0.25, 0.3) is 0 Å². The fraction of sp³-hybridized carbons (Fsp3) is 0.923. The Kier molecular flexibility index (Phi) is 5.36. The van der Waals surface area contributed by atoms with Gasteiger partial charge >= 0.3 is 0 Å². The van der Waals surface area contributed by atoms with Crippen LogP contribution in [0.5, 0.6) is 0 Å². The summed E-state index contributed by atoms with van der Waals surface area (Å²) in [5.41, 5.74) is 6.17. The third kappa shape index (κ3) is 4.26. The second-order valence-electron chi connectivity index (χ2n) is 5.69. The molecule has 0 saturated carbocycles. The molecule has 0 atom stereocenters. The van der Waals surface area contributed by atoms with Crippen molar-refractivity contribution >= 4 is 17.7 Å². The van der Waals surface area contributed by atoms with Crippen LogP contribution < -0.4 is 5.73 Å². The molecule has 2 aliphatic heterocycles. The Morgan fingerprint density at radius 1 is 1.32 bits per heavy atom. The molecule has 2 N–H and O–H groups in total. The Bertz CT molecular complexity index is 316. The zero-order valence-electron chi connectivity index (χ0n) is 12.1. The van der Waals surface area contributed by atoms with Crippen molar-refractivity contribution < 1.29 is 4.74 Å². The Morgan fingerprint density at radius 2 is 2.05 bits per heavy atom. The van der Waals surface area contributed by atoms with Crippen molar-refractivity contribution in [1.29, 1.82) is 0 Å². The number of hydrogen-bond donors (Lipinski definition) is 1. The molecule has 2 heterocycles. The number of rotatable bonds is 3. The summed E-state index contributed by atoms with van der Waals surface area (Å²) < 4.78 is 5.52. The summed E-state index contributed by atoms with van der Waals surface area (Å²) in [5, 5.41) is 0. The highest BCUT2D eigenvalue weighted by molar-refractivity contribution is 7.99. The molecule has 2 aliphatic rings. The average molecular weight is 286 g/mol. The maximum absolute atomic E-state index is 6.06. The van der Waals surface area contributed by atoms with E-state index in [4.69, 9.17) is 10.5 Å². The third-order valence-corrected chi connectivity index (χ3v) is 4.74. The number of nitrogens with two attached hydrogens (primary N) is 1. The van der Waals surface area contributed by atoms with Crippen LogP contribution in [0, 0.1) is 0 Å². The monoisotopic (exact) mass is 286 g/mol. The van der Waals surface area contributed by atoms with Crippen LogP contribution >= 0.6 is 11.8 Å². The van der Waals surface area contributed by atoms with Crippen LogP contribution in [0.2, 0.25) is 0 Å². The molecular formula is C13H26N4OS. The first kappa shape index (κ1) is 14.9. The lowest BCUT2D eigenvalue weighted by atomic mass is 10.0. The molecule has 0 aromatic carbocycles. The summed E-state index contributed by atoms with van der Waals surface area (Å²) in [4.78, 5) is 9.18. The van der Waals surface area contributed by atoms with E-state index in [0.717, 1.165) is 57.4 Å². The molecule has 2 rings (SSSR count). The van der Waals surface area contributed by atoms with Crippen LogP contribution in [-0.2, 0) is 4.74 Å². The summed E-state index contributed by atoms with van der Waals surface area (Å²) in [5.74, 6) is 3.03. The molecular weight excluding hydrogens is 260 g/mol. The van der Waals surface area contributed by atoms with E-state index in [1.54, 1.807) is 0 Å². The van der Waals surface area contributed by atoms with Crippen molar-refractivity contribution in [2.45, 2.75) is 19.4 Å². The number of nitrogens with zero attached hydrogens (tertiary/aromatic N) is 3. The van der Waals surface area contributed by atoms with Gasteiger partial charge in [-0.25, -0.2) is 0 Å². The molecule has 0 radical (unpaired) electrons. The molecule has 2 saturated heterocycles. The van der Waals surface area contributed by atoms with Crippen LogP contribution in [0.15, 0.2) is 4.99 Å². The van der Waals surface area contributed by atoms with Gasteiger partial charge in [-0.15, -0.1) is 0 Å². The van der Waals surface area contributed by atoms with E-state index in [9.17, 15) is 0 Å². The van der Waals surface area contributed by atoms with Gasteiger partial charge in [-0.1, -0.05) is 0 Å². The van der Waals surface area contributed by atoms with E-state index in [0.29, 0.717) is 5.96 Å². The van der Waals surface area contributed by atoms with Crippen molar-refractivity contribution in [3.05, 3.63) is 0 Å². The number of aliphatic imine (C=N–C) groups is 1. The van der Waals surface area contributed by atoms with Crippen molar-refractivity contribution in [2.75, 3.05) is 57.4 Å². The standard InChI is InChI=1S/C13H26N4OS/c1-13(2)11-18-8-5-17(13)4-3-15-12(14)16-6-9-19-10-7-16/h3-11H2,1-2H3,(H2,14,15). The lowest BCUT2D eigenvalue weighted by molar-refractivity contribution is -0.0491. The fourth-order valence-corrected chi connectivity index (χ4v) is 3.39. The minimum absolute atomic E-state index is 0.115. The van der Waals surface area contributed by atoms with E-state index < -0.39 is 0 Å². The van der Waals surface area contributed by atoms with Crippen LogP contribution in [0.1, 0.15) is 13.8 Å². The smallest absolute Gasteiger partial charge is 0.191 e. The van der Waals surface area contributed by atoms with Crippen LogP contribution in [0.4, 0.5) is 0 Å². The highest BCUT2D eigenvalue weighted by atomic mass is 32.2. The van der Waals surface area contributed by atoms with E-state index in [2.05, 4.69) is 28.6 Å². The van der Waals surface area contributed by atoms with Gasteiger partial charge in [0.2, 0.25) is 0 Å². The maximum atomic E-state index is 6.06. The fourth-order valence-electron chi connectivity index (χ4n) is 2.48. The third-order valence-electron chi connectivity index (χ3n) is 3.80. The first-order valence-electron chi connectivity index (χ1n) is 7.05. The molecule has 0 aromatic heterocycles. The van der Waals surface area contributed by atoms with Gasteiger partial charge in [-0.2, -0.15) is 11.8 Å². The van der Waals surface area contributed by atoms with Crippen LogP contribution in [-0.4, -0.2) is 78.7 Å². The largest absolute Gasteiger partial charge is 0.378 e. The molecule has 110 valence electrons. The number of guanidine groups is 1. The molecule has 2 fully saturated rings. The van der Waals surface area contributed by atoms with Gasteiger partial charge in [0.1, 0.15) is 0 Å². The summed E-state index contributed by atoms with van der Waals surface area (Å²) in [7, 11) is 0. The van der Waals surface area contributed by atoms with Gasteiger partial charge in [0.15, 0.2) is 5.96 Å². The molecule has 0 bridgehead atoms. The van der Waals surface area contributed by atoms with Crippen LogP contribution in [0.25, 0.3) is 0 Å². The summed E-state index contributed by atoms with van der Waals surface area (Å²) in [6.07, 6.45) is 0. The molecule has 19 heavy (non-hydrogen) atoms. The Balaban J connectivity index is 1.78. The molecule has 0 amide bonds. The van der Waals surface area contributed by atoms with Gasteiger partial charge < -0.3 is 15.4 Å². The Hall–Kier alpha value is -0.460. The van der Waals surface area contributed by atoms with Crippen molar-refractivity contribution in [3.8, 4) is 0 Å². The molecule has 0 aromatic rings. The number of hydrogen-bond acceptors (Lipinski definition) is 4. The van der Waals surface area contributed by atoms with E-state index in [1.807, 2.05) is 11.8 Å². The van der Waals surface area contributed by atoms with Crippen molar-refractivity contribution in [3.63, 3.8) is 0 Å². The predicted molar refractivity (Wildman–Crippen MR) is 81.9 cm³/mol. The first-order chi connectivity index (χ1) is 9.09. The first-order valence-corrected chi connectivity index (χ1v) is 8.20. The second-order valence-corrected chi connectivity index (χ2v) is 6.92. The van der Waals surface area contributed by atoms with Gasteiger partial charge in [-0.05, 0) is 13.8 Å². The van der Waals surface area contributed by atoms with Crippen molar-refractivity contribution in [1.82, 2.24) is 9.80 Å². The molecule has 0 unspecified atom stereocenters. The van der Waals surface area contributed by atoms with Gasteiger partial charge in [0.05, 0.1) is 19.8 Å². The van der Waals surface area contributed by atoms with E-state index in [-0.39, 0.29) is 5.54 Å². The van der Waals surface area contributed by atoms with Crippen LogP contribution in [0.3, 0.4) is 0 Å². The molecule has 0 aliphatic carbocycles. The Labute approximate surface area is 120 Å². The van der Waals surface area contributed by atoms with E-state index >= 15 is 0 Å². The topological polar surface area (TPSA) is 54.1 Å². The lowest BCUT2D eigenvalue weighted by Crippen LogP contribution is -2.53. The highest BCUT2D eigenvalue weighted by Gasteiger charge is 2.29. The minimum Gasteiger partial charge on any atom is -0.378 e. The van der Waals surface area contributed by atoms with Crippen molar-refractivity contribution in [2.24, 2.45) is 10.7 Å². The number of thioether (sulfide) groups is 1. The Morgan fingerprint density at radius 3 is 2.74 bits per heavy atom. The lowest BCUT2D eigenvalue weighted by Gasteiger charge is -2.41. The quantitative estimate of drug-likeness (QED) is 0.603. The molecule has 5 nitrogen and oxygen atoms in total. The number of morpholine rings is 1. The summed E-state index contributed by atoms with van der Waals surface area (Å²) in [6.45, 7) is 10.9. The van der Waals surface area contributed by atoms with E-state index in [1.165, 1.54) is 0 Å². The molecule has 0 spiro atoms. The summed E-state index contributed by atoms with van der Waals surface area (Å²) >= 11 is 1.99. The second kappa shape index (κ2) is 6.81. The van der Waals surface area contributed by atoms with Gasteiger partial charge in [-0.3, -0.25) is 9.89 Å². The predicted octanol–water partition coefficient (Wildman–Crippen LogP) is 0.461. The molecule has 6 heteroatoms. The highest BCUT2D eigenvalue weighted by Crippen LogP contribution is 2.18. The SMILES string of the molecule is CC1(C)COCCN1CCN=C(N)N1CCSCC1. The van der Waals surface area contributed by atoms with Gasteiger partial charge in [0, 0.05) is 43.2 Å². The number of ether oxygens (including phenoxy) is 1.